The lowest BCUT2D eigenvalue weighted by atomic mass is 9.95. The first-order chi connectivity index (χ1) is 8.70. The molecule has 1 saturated heterocycles. The average molecular weight is 251 g/mol. The molecule has 1 aliphatic heterocycles. The van der Waals surface area contributed by atoms with Crippen LogP contribution in [0.4, 0.5) is 4.39 Å². The summed E-state index contributed by atoms with van der Waals surface area (Å²) in [5, 5.41) is 3.25. The van der Waals surface area contributed by atoms with E-state index in [0.717, 1.165) is 31.2 Å². The van der Waals surface area contributed by atoms with E-state index < -0.39 is 0 Å². The minimum Gasteiger partial charge on any atom is -0.319 e. The molecule has 0 radical (unpaired) electrons. The van der Waals surface area contributed by atoms with Crippen molar-refractivity contribution in [3.8, 4) is 0 Å². The number of halogens is 1. The lowest BCUT2D eigenvalue weighted by Gasteiger charge is -2.35. The highest BCUT2D eigenvalue weighted by atomic mass is 19.1. The van der Waals surface area contributed by atoms with Gasteiger partial charge in [0.2, 0.25) is 0 Å². The van der Waals surface area contributed by atoms with E-state index in [4.69, 9.17) is 0 Å². The summed E-state index contributed by atoms with van der Waals surface area (Å²) in [6.45, 7) is 5.47. The topological polar surface area (TPSA) is 28.2 Å². The van der Waals surface area contributed by atoms with Crippen molar-refractivity contribution >= 4 is 0 Å². The Hall–Kier alpha value is -1.00. The van der Waals surface area contributed by atoms with Crippen LogP contribution in [0.2, 0.25) is 0 Å². The van der Waals surface area contributed by atoms with Crippen molar-refractivity contribution in [3.63, 3.8) is 0 Å². The van der Waals surface area contributed by atoms with E-state index in [0.29, 0.717) is 0 Å². The molecule has 0 saturated carbocycles. The molecular weight excluding hydrogens is 229 g/mol. The standard InChI is InChI=1S/C14H22FN3/c1-11(14-4-3-13(15)10-17-14)18-7-5-12(6-8-18)9-16-2/h3-4,10-12,16H,5-9H2,1-2H3. The number of pyridine rings is 1. The normalized spacial score (nSPS) is 19.9. The van der Waals surface area contributed by atoms with Gasteiger partial charge in [-0.15, -0.1) is 0 Å². The second-order valence-electron chi connectivity index (χ2n) is 5.11. The summed E-state index contributed by atoms with van der Waals surface area (Å²) >= 11 is 0. The number of hydrogen-bond acceptors (Lipinski definition) is 3. The highest BCUT2D eigenvalue weighted by molar-refractivity contribution is 5.09. The fourth-order valence-electron chi connectivity index (χ4n) is 2.65. The molecule has 1 N–H and O–H groups in total. The molecule has 1 unspecified atom stereocenters. The molecule has 0 aliphatic carbocycles. The van der Waals surface area contributed by atoms with Gasteiger partial charge in [0, 0.05) is 6.04 Å². The van der Waals surface area contributed by atoms with Crippen molar-refractivity contribution < 1.29 is 4.39 Å². The average Bonchev–Trinajstić information content (AvgIpc) is 2.40. The second kappa shape index (κ2) is 6.25. The fraction of sp³-hybridized carbons (Fsp3) is 0.643. The number of likely N-dealkylation sites (tertiary alicyclic amines) is 1. The first-order valence-electron chi connectivity index (χ1n) is 6.71. The highest BCUT2D eigenvalue weighted by Gasteiger charge is 2.23. The van der Waals surface area contributed by atoms with Crippen LogP contribution in [0.15, 0.2) is 18.3 Å². The summed E-state index contributed by atoms with van der Waals surface area (Å²) in [4.78, 5) is 6.62. The maximum Gasteiger partial charge on any atom is 0.141 e. The predicted molar refractivity (Wildman–Crippen MR) is 70.8 cm³/mol. The van der Waals surface area contributed by atoms with Crippen molar-refractivity contribution in [1.29, 1.82) is 0 Å². The first kappa shape index (κ1) is 13.4. The Morgan fingerprint density at radius 3 is 2.72 bits per heavy atom. The van der Waals surface area contributed by atoms with Crippen LogP contribution in [-0.2, 0) is 0 Å². The Morgan fingerprint density at radius 1 is 1.44 bits per heavy atom. The predicted octanol–water partition coefficient (Wildman–Crippen LogP) is 2.21. The van der Waals surface area contributed by atoms with Gasteiger partial charge < -0.3 is 5.32 Å². The van der Waals surface area contributed by atoms with Crippen LogP contribution < -0.4 is 5.32 Å². The quantitative estimate of drug-likeness (QED) is 0.889. The van der Waals surface area contributed by atoms with Crippen LogP contribution in [0.25, 0.3) is 0 Å². The third-order valence-corrected chi connectivity index (χ3v) is 3.87. The number of nitrogens with zero attached hydrogens (tertiary/aromatic N) is 2. The Kier molecular flexibility index (Phi) is 4.66. The molecule has 100 valence electrons. The molecule has 3 nitrogen and oxygen atoms in total. The number of rotatable bonds is 4. The van der Waals surface area contributed by atoms with Crippen molar-refractivity contribution in [1.82, 2.24) is 15.2 Å². The van der Waals surface area contributed by atoms with Crippen molar-refractivity contribution in [2.75, 3.05) is 26.7 Å². The molecule has 18 heavy (non-hydrogen) atoms. The van der Waals surface area contributed by atoms with Gasteiger partial charge in [0.25, 0.3) is 0 Å². The zero-order valence-electron chi connectivity index (χ0n) is 11.2. The summed E-state index contributed by atoms with van der Waals surface area (Å²) in [6.07, 6.45) is 3.76. The maximum absolute atomic E-state index is 12.8. The summed E-state index contributed by atoms with van der Waals surface area (Å²) in [5.74, 6) is 0.526. The van der Waals surface area contributed by atoms with Gasteiger partial charge in [0.05, 0.1) is 11.9 Å². The van der Waals surface area contributed by atoms with E-state index in [9.17, 15) is 4.39 Å². The zero-order chi connectivity index (χ0) is 13.0. The van der Waals surface area contributed by atoms with Crippen molar-refractivity contribution in [3.05, 3.63) is 29.8 Å². The fourth-order valence-corrected chi connectivity index (χ4v) is 2.65. The number of hydrogen-bond donors (Lipinski definition) is 1. The van der Waals surface area contributed by atoms with Gasteiger partial charge in [-0.05, 0) is 64.5 Å². The Labute approximate surface area is 108 Å². The maximum atomic E-state index is 12.8. The zero-order valence-corrected chi connectivity index (χ0v) is 11.2. The van der Waals surface area contributed by atoms with E-state index >= 15 is 0 Å². The third kappa shape index (κ3) is 3.27. The second-order valence-corrected chi connectivity index (χ2v) is 5.11. The van der Waals surface area contributed by atoms with Gasteiger partial charge in [0.15, 0.2) is 0 Å². The van der Waals surface area contributed by atoms with Gasteiger partial charge in [0.1, 0.15) is 5.82 Å². The number of aromatic nitrogens is 1. The van der Waals surface area contributed by atoms with E-state index in [1.165, 1.54) is 25.1 Å². The number of piperidine rings is 1. The smallest absolute Gasteiger partial charge is 0.141 e. The molecule has 1 fully saturated rings. The van der Waals surface area contributed by atoms with Crippen LogP contribution in [0, 0.1) is 11.7 Å². The molecule has 0 amide bonds. The molecule has 4 heteroatoms. The van der Waals surface area contributed by atoms with Crippen molar-refractivity contribution in [2.24, 2.45) is 5.92 Å². The summed E-state index contributed by atoms with van der Waals surface area (Å²) < 4.78 is 12.8. The first-order valence-corrected chi connectivity index (χ1v) is 6.71. The Morgan fingerprint density at radius 2 is 2.17 bits per heavy atom. The monoisotopic (exact) mass is 251 g/mol. The van der Waals surface area contributed by atoms with E-state index in [2.05, 4.69) is 22.1 Å². The van der Waals surface area contributed by atoms with Crippen molar-refractivity contribution in [2.45, 2.75) is 25.8 Å². The molecule has 2 heterocycles. The molecule has 1 atom stereocenters. The molecule has 1 aliphatic rings. The summed E-state index contributed by atoms with van der Waals surface area (Å²) in [5.41, 5.74) is 0.962. The Bertz CT molecular complexity index is 358. The van der Waals surface area contributed by atoms with Crippen LogP contribution in [0.5, 0.6) is 0 Å². The van der Waals surface area contributed by atoms with E-state index in [1.807, 2.05) is 7.05 Å². The van der Waals surface area contributed by atoms with Gasteiger partial charge in [-0.25, -0.2) is 4.39 Å². The SMILES string of the molecule is CNCC1CCN(C(C)c2ccc(F)cn2)CC1. The molecule has 0 aromatic carbocycles. The molecule has 0 spiro atoms. The lowest BCUT2D eigenvalue weighted by molar-refractivity contribution is 0.138. The van der Waals surface area contributed by atoms with Crippen LogP contribution in [0.1, 0.15) is 31.5 Å². The minimum atomic E-state index is -0.265. The number of nitrogens with one attached hydrogen (secondary N) is 1. The van der Waals surface area contributed by atoms with Crippen LogP contribution in [-0.4, -0.2) is 36.6 Å². The molecule has 0 bridgehead atoms. The summed E-state index contributed by atoms with van der Waals surface area (Å²) in [7, 11) is 2.01. The summed E-state index contributed by atoms with van der Waals surface area (Å²) in [6, 6.07) is 3.56. The molecule has 2 rings (SSSR count). The van der Waals surface area contributed by atoms with Gasteiger partial charge >= 0.3 is 0 Å². The third-order valence-electron chi connectivity index (χ3n) is 3.87. The molecule has 1 aromatic rings. The van der Waals surface area contributed by atoms with Gasteiger partial charge in [-0.2, -0.15) is 0 Å². The minimum absolute atomic E-state index is 0.265. The highest BCUT2D eigenvalue weighted by Crippen LogP contribution is 2.25. The lowest BCUT2D eigenvalue weighted by Crippen LogP contribution is -2.38. The van der Waals surface area contributed by atoms with Gasteiger partial charge in [-0.3, -0.25) is 9.88 Å². The molecular formula is C14H22FN3. The Balaban J connectivity index is 1.91. The largest absolute Gasteiger partial charge is 0.319 e. The van der Waals surface area contributed by atoms with E-state index in [1.54, 1.807) is 6.07 Å². The molecule has 1 aromatic heterocycles. The van der Waals surface area contributed by atoms with Gasteiger partial charge in [-0.1, -0.05) is 0 Å². The van der Waals surface area contributed by atoms with Crippen LogP contribution in [0.3, 0.4) is 0 Å². The van der Waals surface area contributed by atoms with E-state index in [-0.39, 0.29) is 11.9 Å². The van der Waals surface area contributed by atoms with Crippen LogP contribution >= 0.6 is 0 Å².